The van der Waals surface area contributed by atoms with Crippen LogP contribution in [0.3, 0.4) is 0 Å². The van der Waals surface area contributed by atoms with Gasteiger partial charge >= 0.3 is 12.2 Å². The third kappa shape index (κ3) is 14.1. The summed E-state index contributed by atoms with van der Waals surface area (Å²) in [5, 5.41) is 22.5. The number of amides is 5. The predicted octanol–water partition coefficient (Wildman–Crippen LogP) is 2.71. The molecule has 0 aliphatic rings. The molecule has 13 nitrogen and oxygen atoms in total. The monoisotopic (exact) mass is 637 g/mol. The maximum atomic E-state index is 13.7. The van der Waals surface area contributed by atoms with Gasteiger partial charge in [-0.05, 0) is 49.4 Å². The Balaban J connectivity index is 2.17. The lowest BCUT2D eigenvalue weighted by atomic mass is 10.0. The van der Waals surface area contributed by atoms with Crippen LogP contribution in [0.4, 0.5) is 15.3 Å². The number of hydrogen-bond donors (Lipinski definition) is 6. The van der Waals surface area contributed by atoms with Crippen molar-refractivity contribution in [3.63, 3.8) is 0 Å². The summed E-state index contributed by atoms with van der Waals surface area (Å²) in [5.41, 5.74) is 1.89. The first-order chi connectivity index (χ1) is 22.2. The Morgan fingerprint density at radius 2 is 1.39 bits per heavy atom. The largest absolute Gasteiger partial charge is 0.445 e. The Kier molecular flexibility index (Phi) is 16.7. The van der Waals surface area contributed by atoms with Crippen LogP contribution in [-0.4, -0.2) is 72.9 Å². The molecule has 0 aromatic heterocycles. The van der Waals surface area contributed by atoms with E-state index in [1.807, 2.05) is 6.07 Å². The summed E-state index contributed by atoms with van der Waals surface area (Å²) in [5.74, 6) is -1.74. The zero-order valence-electron chi connectivity index (χ0n) is 26.0. The van der Waals surface area contributed by atoms with Gasteiger partial charge in [0, 0.05) is 18.7 Å². The van der Waals surface area contributed by atoms with E-state index in [1.54, 1.807) is 48.5 Å². The topological polar surface area (TPSA) is 184 Å². The van der Waals surface area contributed by atoms with Crippen molar-refractivity contribution in [1.82, 2.24) is 21.3 Å². The smallest absolute Gasteiger partial charge is 0.408 e. The number of aliphatic hydroxyl groups is 1. The molecule has 0 heterocycles. The van der Waals surface area contributed by atoms with E-state index in [0.29, 0.717) is 24.1 Å². The third-order valence-corrected chi connectivity index (χ3v) is 6.53. The zero-order valence-corrected chi connectivity index (χ0v) is 26.0. The second-order valence-corrected chi connectivity index (χ2v) is 10.2. The Labute approximate surface area is 268 Å². The van der Waals surface area contributed by atoms with Crippen LogP contribution in [0.1, 0.15) is 37.3 Å². The molecule has 0 aliphatic heterocycles. The van der Waals surface area contributed by atoms with Crippen LogP contribution < -0.4 is 26.6 Å². The van der Waals surface area contributed by atoms with Gasteiger partial charge in [-0.2, -0.15) is 0 Å². The molecule has 2 aromatic rings. The number of nitrogens with one attached hydrogen (secondary N) is 5. The molecule has 0 spiro atoms. The highest BCUT2D eigenvalue weighted by molar-refractivity contribution is 5.98. The number of carbonyl (C=O) groups is 5. The lowest BCUT2D eigenvalue weighted by Crippen LogP contribution is -2.56. The fourth-order valence-corrected chi connectivity index (χ4v) is 4.09. The minimum atomic E-state index is -1.09. The van der Waals surface area contributed by atoms with Gasteiger partial charge in [-0.15, -0.1) is 0 Å². The third-order valence-electron chi connectivity index (χ3n) is 6.53. The van der Waals surface area contributed by atoms with E-state index in [4.69, 9.17) is 9.47 Å². The van der Waals surface area contributed by atoms with Gasteiger partial charge in [0.1, 0.15) is 31.3 Å². The number of ether oxygens (including phenoxy) is 2. The molecule has 2 rings (SSSR count). The maximum Gasteiger partial charge on any atom is 0.408 e. The van der Waals surface area contributed by atoms with Crippen molar-refractivity contribution in [2.45, 2.75) is 57.3 Å². The second-order valence-electron chi connectivity index (χ2n) is 10.2. The molecule has 3 atom stereocenters. The van der Waals surface area contributed by atoms with Crippen LogP contribution in [0.15, 0.2) is 79.9 Å². The Morgan fingerprint density at radius 1 is 0.761 bits per heavy atom. The second kappa shape index (κ2) is 20.7. The molecule has 0 saturated carbocycles. The molecule has 0 bridgehead atoms. The molecule has 0 fully saturated rings. The molecule has 0 unspecified atom stereocenters. The molecule has 248 valence electrons. The molecular formula is C33H43N5O8. The van der Waals surface area contributed by atoms with Crippen molar-refractivity contribution in [2.75, 3.05) is 25.1 Å². The van der Waals surface area contributed by atoms with Crippen molar-refractivity contribution in [2.24, 2.45) is 0 Å². The van der Waals surface area contributed by atoms with E-state index in [0.717, 1.165) is 5.56 Å². The van der Waals surface area contributed by atoms with Crippen molar-refractivity contribution >= 4 is 35.6 Å². The van der Waals surface area contributed by atoms with Crippen LogP contribution in [0, 0.1) is 0 Å². The summed E-state index contributed by atoms with van der Waals surface area (Å²) >= 11 is 0. The highest BCUT2D eigenvalue weighted by Crippen LogP contribution is 2.12. The highest BCUT2D eigenvalue weighted by Gasteiger charge is 2.29. The van der Waals surface area contributed by atoms with Gasteiger partial charge in [-0.1, -0.05) is 67.8 Å². The summed E-state index contributed by atoms with van der Waals surface area (Å²) in [6, 6.07) is 12.5. The van der Waals surface area contributed by atoms with Crippen LogP contribution >= 0.6 is 0 Å². The first-order valence-corrected chi connectivity index (χ1v) is 14.9. The van der Waals surface area contributed by atoms with Crippen molar-refractivity contribution in [1.29, 1.82) is 0 Å². The molecule has 5 amide bonds. The van der Waals surface area contributed by atoms with E-state index in [2.05, 4.69) is 39.7 Å². The normalized spacial score (nSPS) is 12.3. The summed E-state index contributed by atoms with van der Waals surface area (Å²) in [6.07, 6.45) is 2.69. The summed E-state index contributed by atoms with van der Waals surface area (Å²) < 4.78 is 9.75. The number of benzene rings is 2. The number of anilines is 1. The summed E-state index contributed by atoms with van der Waals surface area (Å²) in [6.45, 7) is 8.57. The number of unbranched alkanes of at least 4 members (excludes halogenated alkanes) is 1. The lowest BCUT2D eigenvalue weighted by molar-refractivity contribution is -0.131. The summed E-state index contributed by atoms with van der Waals surface area (Å²) in [7, 11) is 0. The molecule has 0 radical (unpaired) electrons. The summed E-state index contributed by atoms with van der Waals surface area (Å²) in [4.78, 5) is 63.7. The lowest BCUT2D eigenvalue weighted by Gasteiger charge is -2.24. The molecule has 2 aromatic carbocycles. The first kappa shape index (κ1) is 37.0. The van der Waals surface area contributed by atoms with Crippen LogP contribution in [0.2, 0.25) is 0 Å². The molecule has 13 heteroatoms. The van der Waals surface area contributed by atoms with Crippen LogP contribution in [-0.2, 0) is 36.9 Å². The van der Waals surface area contributed by atoms with Gasteiger partial charge in [-0.25, -0.2) is 9.59 Å². The number of rotatable bonds is 19. The van der Waals surface area contributed by atoms with Gasteiger partial charge < -0.3 is 41.2 Å². The molecule has 6 N–H and O–H groups in total. The average Bonchev–Trinajstić information content (AvgIpc) is 3.05. The molecule has 46 heavy (non-hydrogen) atoms. The van der Waals surface area contributed by atoms with Gasteiger partial charge in [-0.3, -0.25) is 14.4 Å². The van der Waals surface area contributed by atoms with E-state index in [9.17, 15) is 29.1 Å². The van der Waals surface area contributed by atoms with Gasteiger partial charge in [0.2, 0.25) is 17.7 Å². The molecule has 0 saturated heterocycles. The van der Waals surface area contributed by atoms with Crippen molar-refractivity contribution in [3.05, 3.63) is 91.0 Å². The number of carbonyl (C=O) groups excluding carboxylic acids is 5. The van der Waals surface area contributed by atoms with Gasteiger partial charge in [0.25, 0.3) is 0 Å². The minimum Gasteiger partial charge on any atom is -0.445 e. The Morgan fingerprint density at radius 3 is 2.02 bits per heavy atom. The predicted molar refractivity (Wildman–Crippen MR) is 173 cm³/mol. The Bertz CT molecular complexity index is 1300. The quantitative estimate of drug-likeness (QED) is 0.100. The van der Waals surface area contributed by atoms with E-state index >= 15 is 0 Å². The van der Waals surface area contributed by atoms with Gasteiger partial charge in [0.15, 0.2) is 0 Å². The van der Waals surface area contributed by atoms with Crippen molar-refractivity contribution < 1.29 is 38.6 Å². The SMILES string of the molecule is C=CCOC(=O)NCCCC[C@H](NC(=O)[C@H](Cc1ccccc1)NC(=O)[C@@H](C)NC(=O)OCC=C)C(=O)Nc1ccc(CO)cc1. The van der Waals surface area contributed by atoms with E-state index in [-0.39, 0.29) is 39.2 Å². The van der Waals surface area contributed by atoms with Crippen LogP contribution in [0.5, 0.6) is 0 Å². The molecule has 0 aliphatic carbocycles. The van der Waals surface area contributed by atoms with Gasteiger partial charge in [0.05, 0.1) is 6.61 Å². The van der Waals surface area contributed by atoms with E-state index in [1.165, 1.54) is 19.1 Å². The van der Waals surface area contributed by atoms with Crippen molar-refractivity contribution in [3.8, 4) is 0 Å². The fourth-order valence-electron chi connectivity index (χ4n) is 4.09. The number of aliphatic hydroxyl groups excluding tert-OH is 1. The molecular weight excluding hydrogens is 594 g/mol. The minimum absolute atomic E-state index is 0.0380. The van der Waals surface area contributed by atoms with E-state index < -0.39 is 48.0 Å². The Hall–Kier alpha value is -5.17. The zero-order chi connectivity index (χ0) is 33.7. The first-order valence-electron chi connectivity index (χ1n) is 14.9. The number of alkyl carbamates (subject to hydrolysis) is 2. The fraction of sp³-hybridized carbons (Fsp3) is 0.364. The average molecular weight is 638 g/mol. The number of hydrogen-bond acceptors (Lipinski definition) is 8. The maximum absolute atomic E-state index is 13.7. The standard InChI is InChI=1S/C33H43N5O8/c1-4-19-45-32(43)34-18-10-9-13-27(30(41)36-26-16-14-25(22-39)15-17-26)37-31(42)28(21-24-11-7-6-8-12-24)38-29(40)23(3)35-33(44)46-20-5-2/h4-8,11-12,14-17,23,27-28,39H,1-2,9-10,13,18-22H2,3H3,(H,34,43)(H,35,44)(H,36,41)(H,37,42)(H,38,40)/t23-,27+,28+/m1/s1. The highest BCUT2D eigenvalue weighted by atomic mass is 16.6. The van der Waals surface area contributed by atoms with Crippen LogP contribution in [0.25, 0.3) is 0 Å².